The second kappa shape index (κ2) is 7.47. The van der Waals surface area contributed by atoms with Gasteiger partial charge in [-0.25, -0.2) is 0 Å². The zero-order valence-corrected chi connectivity index (χ0v) is 12.7. The number of aromatic nitrogens is 2. The highest BCUT2D eigenvalue weighted by molar-refractivity contribution is 5.63. The van der Waals surface area contributed by atoms with E-state index in [0.29, 0.717) is 13.2 Å². The Morgan fingerprint density at radius 1 is 1.04 bits per heavy atom. The number of ether oxygens (including phenoxy) is 1. The summed E-state index contributed by atoms with van der Waals surface area (Å²) in [6, 6.07) is 17.8. The van der Waals surface area contributed by atoms with Crippen molar-refractivity contribution in [2.45, 2.75) is 6.54 Å². The van der Waals surface area contributed by atoms with E-state index in [1.807, 2.05) is 48.7 Å². The van der Waals surface area contributed by atoms with Crippen molar-refractivity contribution >= 4 is 5.69 Å². The number of nitrogens with zero attached hydrogens (tertiary/aromatic N) is 1. The van der Waals surface area contributed by atoms with Crippen molar-refractivity contribution in [3.05, 3.63) is 66.4 Å². The van der Waals surface area contributed by atoms with Crippen LogP contribution in [0.1, 0.15) is 5.56 Å². The zero-order chi connectivity index (χ0) is 15.9. The molecular formula is C18H19N3O2. The molecule has 5 heteroatoms. The highest BCUT2D eigenvalue weighted by Gasteiger charge is 2.07. The summed E-state index contributed by atoms with van der Waals surface area (Å²) in [6.45, 7) is 1.00. The van der Waals surface area contributed by atoms with Crippen molar-refractivity contribution in [1.29, 1.82) is 0 Å². The predicted molar refractivity (Wildman–Crippen MR) is 90.4 cm³/mol. The number of aliphatic hydroxyl groups excluding tert-OH is 1. The van der Waals surface area contributed by atoms with Crippen LogP contribution in [0.25, 0.3) is 11.3 Å². The van der Waals surface area contributed by atoms with E-state index < -0.39 is 0 Å². The largest absolute Gasteiger partial charge is 0.491 e. The molecule has 2 aromatic carbocycles. The van der Waals surface area contributed by atoms with E-state index in [4.69, 9.17) is 9.84 Å². The van der Waals surface area contributed by atoms with E-state index in [9.17, 15) is 0 Å². The fourth-order valence-corrected chi connectivity index (χ4v) is 2.33. The third-order valence-electron chi connectivity index (χ3n) is 3.48. The molecule has 0 aliphatic rings. The number of hydrogen-bond acceptors (Lipinski definition) is 4. The van der Waals surface area contributed by atoms with E-state index in [0.717, 1.165) is 28.3 Å². The molecule has 1 aromatic heterocycles. The molecule has 23 heavy (non-hydrogen) atoms. The summed E-state index contributed by atoms with van der Waals surface area (Å²) in [4.78, 5) is 0. The minimum absolute atomic E-state index is 0.0166. The molecule has 118 valence electrons. The van der Waals surface area contributed by atoms with Crippen LogP contribution in [0.2, 0.25) is 0 Å². The van der Waals surface area contributed by atoms with Crippen molar-refractivity contribution < 1.29 is 9.84 Å². The Hall–Kier alpha value is -2.79. The minimum atomic E-state index is 0.0166. The number of rotatable bonds is 7. The summed E-state index contributed by atoms with van der Waals surface area (Å²) in [6.07, 6.45) is 1.84. The average molecular weight is 309 g/mol. The van der Waals surface area contributed by atoms with Crippen LogP contribution in [0.4, 0.5) is 5.69 Å². The van der Waals surface area contributed by atoms with E-state index in [-0.39, 0.29) is 6.61 Å². The molecule has 0 aliphatic carbocycles. The van der Waals surface area contributed by atoms with Crippen LogP contribution in [0.5, 0.6) is 5.75 Å². The number of nitrogens with one attached hydrogen (secondary N) is 2. The molecule has 0 fully saturated rings. The Morgan fingerprint density at radius 3 is 2.57 bits per heavy atom. The van der Waals surface area contributed by atoms with E-state index in [1.54, 1.807) is 0 Å². The first kappa shape index (κ1) is 15.1. The average Bonchev–Trinajstić information content (AvgIpc) is 3.08. The minimum Gasteiger partial charge on any atom is -0.491 e. The lowest BCUT2D eigenvalue weighted by Crippen LogP contribution is -2.02. The highest BCUT2D eigenvalue weighted by Crippen LogP contribution is 2.22. The van der Waals surface area contributed by atoms with Gasteiger partial charge in [0.25, 0.3) is 0 Å². The Morgan fingerprint density at radius 2 is 1.83 bits per heavy atom. The first-order chi connectivity index (χ1) is 11.4. The molecule has 0 saturated heterocycles. The summed E-state index contributed by atoms with van der Waals surface area (Å²) in [7, 11) is 0. The zero-order valence-electron chi connectivity index (χ0n) is 12.7. The quantitative estimate of drug-likeness (QED) is 0.627. The van der Waals surface area contributed by atoms with E-state index in [2.05, 4.69) is 27.6 Å². The summed E-state index contributed by atoms with van der Waals surface area (Å²) >= 11 is 0. The topological polar surface area (TPSA) is 70.2 Å². The monoisotopic (exact) mass is 309 g/mol. The maximum absolute atomic E-state index is 8.75. The van der Waals surface area contributed by atoms with Crippen molar-refractivity contribution in [1.82, 2.24) is 10.2 Å². The molecule has 0 bridgehead atoms. The number of aliphatic hydroxyl groups is 1. The van der Waals surface area contributed by atoms with E-state index >= 15 is 0 Å². The van der Waals surface area contributed by atoms with Crippen LogP contribution in [0.15, 0.2) is 60.8 Å². The lowest BCUT2D eigenvalue weighted by Gasteiger charge is -2.09. The first-order valence-electron chi connectivity index (χ1n) is 7.52. The fourth-order valence-electron chi connectivity index (χ4n) is 2.33. The van der Waals surface area contributed by atoms with Crippen LogP contribution >= 0.6 is 0 Å². The second-order valence-electron chi connectivity index (χ2n) is 5.09. The number of hydrogen-bond donors (Lipinski definition) is 3. The fraction of sp³-hybridized carbons (Fsp3) is 0.167. The van der Waals surface area contributed by atoms with Crippen molar-refractivity contribution in [2.75, 3.05) is 18.5 Å². The summed E-state index contributed by atoms with van der Waals surface area (Å²) < 4.78 is 5.34. The molecule has 0 atom stereocenters. The molecule has 3 rings (SSSR count). The van der Waals surface area contributed by atoms with Crippen LogP contribution in [-0.2, 0) is 6.54 Å². The molecule has 5 nitrogen and oxygen atoms in total. The molecule has 3 aromatic rings. The first-order valence-corrected chi connectivity index (χ1v) is 7.52. The SMILES string of the molecule is OCCOc1ccc(NCc2cn[nH]c2-c2ccccc2)cc1. The highest BCUT2D eigenvalue weighted by atomic mass is 16.5. The Bertz CT molecular complexity index is 724. The van der Waals surface area contributed by atoms with Gasteiger partial charge in [0, 0.05) is 17.8 Å². The van der Waals surface area contributed by atoms with Gasteiger partial charge in [-0.1, -0.05) is 30.3 Å². The lowest BCUT2D eigenvalue weighted by atomic mass is 10.1. The van der Waals surface area contributed by atoms with Crippen LogP contribution in [0, 0.1) is 0 Å². The number of benzene rings is 2. The van der Waals surface area contributed by atoms with Gasteiger partial charge in [0.15, 0.2) is 0 Å². The summed E-state index contributed by atoms with van der Waals surface area (Å²) in [5.74, 6) is 0.748. The van der Waals surface area contributed by atoms with Gasteiger partial charge in [-0.3, -0.25) is 5.10 Å². The van der Waals surface area contributed by atoms with Gasteiger partial charge in [-0.05, 0) is 29.8 Å². The van der Waals surface area contributed by atoms with Crippen molar-refractivity contribution in [3.8, 4) is 17.0 Å². The van der Waals surface area contributed by atoms with Gasteiger partial charge in [0.05, 0.1) is 18.5 Å². The Balaban J connectivity index is 1.64. The molecule has 0 amide bonds. The molecule has 0 unspecified atom stereocenters. The molecule has 0 spiro atoms. The third kappa shape index (κ3) is 3.90. The molecule has 0 radical (unpaired) electrons. The van der Waals surface area contributed by atoms with Crippen molar-refractivity contribution in [3.63, 3.8) is 0 Å². The van der Waals surface area contributed by atoms with Gasteiger partial charge in [0.1, 0.15) is 12.4 Å². The van der Waals surface area contributed by atoms with Gasteiger partial charge in [-0.15, -0.1) is 0 Å². The molecule has 0 saturated carbocycles. The summed E-state index contributed by atoms with van der Waals surface area (Å²) in [5, 5.41) is 19.3. The van der Waals surface area contributed by atoms with Crippen LogP contribution in [0.3, 0.4) is 0 Å². The lowest BCUT2D eigenvalue weighted by molar-refractivity contribution is 0.201. The number of anilines is 1. The van der Waals surface area contributed by atoms with Crippen LogP contribution < -0.4 is 10.1 Å². The molecular weight excluding hydrogens is 290 g/mol. The van der Waals surface area contributed by atoms with Crippen molar-refractivity contribution in [2.24, 2.45) is 0 Å². The molecule has 1 heterocycles. The Kier molecular flexibility index (Phi) is 4.91. The Labute approximate surface area is 134 Å². The van der Waals surface area contributed by atoms with Gasteiger partial charge >= 0.3 is 0 Å². The number of aromatic amines is 1. The van der Waals surface area contributed by atoms with Gasteiger partial charge < -0.3 is 15.2 Å². The van der Waals surface area contributed by atoms with Crippen LogP contribution in [-0.4, -0.2) is 28.5 Å². The predicted octanol–water partition coefficient (Wildman–Crippen LogP) is 3.06. The van der Waals surface area contributed by atoms with Gasteiger partial charge in [0.2, 0.25) is 0 Å². The maximum atomic E-state index is 8.75. The normalized spacial score (nSPS) is 10.5. The third-order valence-corrected chi connectivity index (χ3v) is 3.48. The van der Waals surface area contributed by atoms with E-state index in [1.165, 1.54) is 0 Å². The van der Waals surface area contributed by atoms with Gasteiger partial charge in [-0.2, -0.15) is 5.10 Å². The standard InChI is InChI=1S/C18H19N3O2/c22-10-11-23-17-8-6-16(7-9-17)19-12-15-13-20-21-18(15)14-4-2-1-3-5-14/h1-9,13,19,22H,10-12H2,(H,20,21). The smallest absolute Gasteiger partial charge is 0.119 e. The maximum Gasteiger partial charge on any atom is 0.119 e. The number of H-pyrrole nitrogens is 1. The molecule has 3 N–H and O–H groups in total. The summed E-state index contributed by atoms with van der Waals surface area (Å²) in [5.41, 5.74) is 4.26. The second-order valence-corrected chi connectivity index (χ2v) is 5.09. The molecule has 0 aliphatic heterocycles.